The lowest BCUT2D eigenvalue weighted by atomic mass is 9.85. The van der Waals surface area contributed by atoms with Crippen molar-refractivity contribution >= 4 is 27.3 Å². The van der Waals surface area contributed by atoms with Crippen LogP contribution in [-0.2, 0) is 14.8 Å². The molecule has 104 valence electrons. The Bertz CT molecular complexity index is 581. The number of hydrogen-bond donors (Lipinski definition) is 2. The molecule has 0 saturated heterocycles. The van der Waals surface area contributed by atoms with Crippen LogP contribution >= 0.6 is 11.3 Å². The number of nitrogens with one attached hydrogen (secondary N) is 1. The lowest BCUT2D eigenvalue weighted by Crippen LogP contribution is -2.46. The molecule has 7 heteroatoms. The van der Waals surface area contributed by atoms with Gasteiger partial charge in [-0.3, -0.25) is 4.79 Å². The van der Waals surface area contributed by atoms with Gasteiger partial charge in [0.1, 0.15) is 4.21 Å². The third-order valence-corrected chi connectivity index (χ3v) is 7.11. The molecule has 2 aliphatic rings. The highest BCUT2D eigenvalue weighted by Gasteiger charge is 2.52. The Morgan fingerprint density at radius 3 is 2.74 bits per heavy atom. The summed E-state index contributed by atoms with van der Waals surface area (Å²) in [5, 5.41) is 11.0. The zero-order valence-electron chi connectivity index (χ0n) is 10.2. The molecule has 0 aromatic carbocycles. The van der Waals surface area contributed by atoms with Gasteiger partial charge in [-0.1, -0.05) is 6.07 Å². The van der Waals surface area contributed by atoms with Gasteiger partial charge in [-0.15, -0.1) is 11.3 Å². The summed E-state index contributed by atoms with van der Waals surface area (Å²) < 4.78 is 27.3. The molecule has 0 amide bonds. The van der Waals surface area contributed by atoms with Gasteiger partial charge in [-0.25, -0.2) is 13.1 Å². The van der Waals surface area contributed by atoms with Gasteiger partial charge in [0.05, 0.1) is 5.92 Å². The summed E-state index contributed by atoms with van der Waals surface area (Å²) in [6.45, 7) is 0. The number of thiophene rings is 1. The molecular weight excluding hydrogens is 286 g/mol. The summed E-state index contributed by atoms with van der Waals surface area (Å²) in [4.78, 5) is 11.3. The van der Waals surface area contributed by atoms with Crippen molar-refractivity contribution in [3.63, 3.8) is 0 Å². The summed E-state index contributed by atoms with van der Waals surface area (Å²) in [5.41, 5.74) is 0. The second-order valence-electron chi connectivity index (χ2n) is 5.28. The molecule has 2 bridgehead atoms. The van der Waals surface area contributed by atoms with Gasteiger partial charge in [-0.2, -0.15) is 0 Å². The van der Waals surface area contributed by atoms with E-state index in [0.717, 1.165) is 30.6 Å². The van der Waals surface area contributed by atoms with E-state index in [0.29, 0.717) is 0 Å². The highest BCUT2D eigenvalue weighted by molar-refractivity contribution is 7.91. The van der Waals surface area contributed by atoms with Crippen molar-refractivity contribution in [2.75, 3.05) is 0 Å². The van der Waals surface area contributed by atoms with Crippen LogP contribution in [0.5, 0.6) is 0 Å². The van der Waals surface area contributed by atoms with Crippen molar-refractivity contribution in [1.29, 1.82) is 0 Å². The van der Waals surface area contributed by atoms with Crippen molar-refractivity contribution in [3.8, 4) is 0 Å². The predicted octanol–water partition coefficient (Wildman–Crippen LogP) is 1.53. The topological polar surface area (TPSA) is 83.5 Å². The molecule has 2 N–H and O–H groups in total. The Balaban J connectivity index is 1.85. The molecule has 5 nitrogen and oxygen atoms in total. The fourth-order valence-electron chi connectivity index (χ4n) is 3.47. The molecule has 2 aliphatic carbocycles. The third kappa shape index (κ3) is 2.19. The molecule has 0 radical (unpaired) electrons. The first-order valence-electron chi connectivity index (χ1n) is 6.27. The minimum absolute atomic E-state index is 0.124. The minimum Gasteiger partial charge on any atom is -0.481 e. The highest BCUT2D eigenvalue weighted by Crippen LogP contribution is 2.49. The van der Waals surface area contributed by atoms with Gasteiger partial charge >= 0.3 is 5.97 Å². The largest absolute Gasteiger partial charge is 0.481 e. The monoisotopic (exact) mass is 301 g/mol. The van der Waals surface area contributed by atoms with E-state index in [1.54, 1.807) is 11.4 Å². The number of carboxylic acid groups (broad SMARTS) is 1. The molecule has 19 heavy (non-hydrogen) atoms. The van der Waals surface area contributed by atoms with E-state index in [2.05, 4.69) is 4.72 Å². The molecule has 2 fully saturated rings. The lowest BCUT2D eigenvalue weighted by Gasteiger charge is -2.28. The quantitative estimate of drug-likeness (QED) is 0.883. The summed E-state index contributed by atoms with van der Waals surface area (Å²) in [7, 11) is -3.58. The fourth-order valence-corrected chi connectivity index (χ4v) is 5.81. The number of fused-ring (bicyclic) bond motifs is 2. The van der Waals surface area contributed by atoms with Gasteiger partial charge < -0.3 is 5.11 Å². The van der Waals surface area contributed by atoms with Crippen LogP contribution in [0.15, 0.2) is 21.7 Å². The number of carboxylic acids is 1. The van der Waals surface area contributed by atoms with Crippen molar-refractivity contribution in [2.45, 2.75) is 29.5 Å². The number of carbonyl (C=O) groups is 1. The van der Waals surface area contributed by atoms with Crippen LogP contribution in [-0.4, -0.2) is 25.5 Å². The molecule has 0 spiro atoms. The zero-order chi connectivity index (χ0) is 13.6. The summed E-state index contributed by atoms with van der Waals surface area (Å²) >= 11 is 1.15. The van der Waals surface area contributed by atoms with E-state index < -0.39 is 28.0 Å². The summed E-state index contributed by atoms with van der Waals surface area (Å²) in [6.07, 6.45) is 2.65. The maximum Gasteiger partial charge on any atom is 0.308 e. The molecule has 3 rings (SSSR count). The fraction of sp³-hybridized carbons (Fsp3) is 0.583. The summed E-state index contributed by atoms with van der Waals surface area (Å²) in [5.74, 6) is -1.17. The van der Waals surface area contributed by atoms with Crippen LogP contribution in [0.4, 0.5) is 0 Å². The van der Waals surface area contributed by atoms with E-state index in [4.69, 9.17) is 0 Å². The molecule has 2 saturated carbocycles. The van der Waals surface area contributed by atoms with Crippen molar-refractivity contribution in [3.05, 3.63) is 17.5 Å². The van der Waals surface area contributed by atoms with Gasteiger partial charge in [-0.05, 0) is 42.5 Å². The van der Waals surface area contributed by atoms with Crippen molar-refractivity contribution < 1.29 is 18.3 Å². The number of sulfonamides is 1. The van der Waals surface area contributed by atoms with Crippen LogP contribution in [0.25, 0.3) is 0 Å². The Kier molecular flexibility index (Phi) is 3.15. The molecule has 1 aromatic rings. The Morgan fingerprint density at radius 1 is 1.37 bits per heavy atom. The first-order valence-corrected chi connectivity index (χ1v) is 8.64. The first kappa shape index (κ1) is 13.1. The van der Waals surface area contributed by atoms with Crippen molar-refractivity contribution in [1.82, 2.24) is 4.72 Å². The van der Waals surface area contributed by atoms with E-state index in [-0.39, 0.29) is 16.0 Å². The van der Waals surface area contributed by atoms with Gasteiger partial charge in [0.25, 0.3) is 0 Å². The van der Waals surface area contributed by atoms with Gasteiger partial charge in [0.15, 0.2) is 0 Å². The van der Waals surface area contributed by atoms with E-state index in [9.17, 15) is 18.3 Å². The Labute approximate surface area is 115 Å². The molecular formula is C12H15NO4S2. The van der Waals surface area contributed by atoms with E-state index in [1.165, 1.54) is 6.07 Å². The first-order chi connectivity index (χ1) is 8.99. The SMILES string of the molecule is O=C(O)C1C2CCC(C2)C1NS(=O)(=O)c1cccs1. The normalized spacial score (nSPS) is 33.7. The average Bonchev–Trinajstić information content (AvgIpc) is 3.05. The number of aliphatic carboxylic acids is 1. The van der Waals surface area contributed by atoms with Crippen LogP contribution < -0.4 is 4.72 Å². The predicted molar refractivity (Wildman–Crippen MR) is 70.4 cm³/mol. The van der Waals surface area contributed by atoms with Crippen LogP contribution in [0, 0.1) is 17.8 Å². The standard InChI is InChI=1S/C12H15NO4S2/c14-12(15)10-7-3-4-8(6-7)11(10)13-19(16,17)9-2-1-5-18-9/h1-2,5,7-8,10-11,13H,3-4,6H2,(H,14,15). The number of rotatable bonds is 4. The average molecular weight is 301 g/mol. The lowest BCUT2D eigenvalue weighted by molar-refractivity contribution is -0.144. The molecule has 1 heterocycles. The molecule has 4 atom stereocenters. The van der Waals surface area contributed by atoms with E-state index >= 15 is 0 Å². The minimum atomic E-state index is -3.58. The molecule has 1 aromatic heterocycles. The highest BCUT2D eigenvalue weighted by atomic mass is 32.2. The molecule has 0 aliphatic heterocycles. The third-order valence-electron chi connectivity index (χ3n) is 4.25. The maximum absolute atomic E-state index is 12.2. The second kappa shape index (κ2) is 4.57. The number of hydrogen-bond acceptors (Lipinski definition) is 4. The Hall–Kier alpha value is -0.920. The van der Waals surface area contributed by atoms with E-state index in [1.807, 2.05) is 0 Å². The summed E-state index contributed by atoms with van der Waals surface area (Å²) in [6, 6.07) is 2.76. The maximum atomic E-state index is 12.2. The Morgan fingerprint density at radius 2 is 2.11 bits per heavy atom. The van der Waals surface area contributed by atoms with Crippen LogP contribution in [0.2, 0.25) is 0 Å². The molecule has 4 unspecified atom stereocenters. The smallest absolute Gasteiger partial charge is 0.308 e. The van der Waals surface area contributed by atoms with Gasteiger partial charge in [0.2, 0.25) is 10.0 Å². The van der Waals surface area contributed by atoms with Gasteiger partial charge in [0, 0.05) is 6.04 Å². The van der Waals surface area contributed by atoms with Crippen LogP contribution in [0.1, 0.15) is 19.3 Å². The van der Waals surface area contributed by atoms with Crippen LogP contribution in [0.3, 0.4) is 0 Å². The zero-order valence-corrected chi connectivity index (χ0v) is 11.8. The van der Waals surface area contributed by atoms with Crippen molar-refractivity contribution in [2.24, 2.45) is 17.8 Å². The second-order valence-corrected chi connectivity index (χ2v) is 8.16.